The molecule has 2 N–H and O–H groups in total. The van der Waals surface area contributed by atoms with Gasteiger partial charge in [-0.3, -0.25) is 24.2 Å². The number of aromatic nitrogens is 3. The summed E-state index contributed by atoms with van der Waals surface area (Å²) in [5, 5.41) is 3.79. The lowest BCUT2D eigenvalue weighted by atomic mass is 9.81. The van der Waals surface area contributed by atoms with Gasteiger partial charge in [-0.2, -0.15) is 9.97 Å². The van der Waals surface area contributed by atoms with Crippen LogP contribution in [0.5, 0.6) is 0 Å². The number of fused-ring (bicyclic) bond motifs is 4. The zero-order valence-electron chi connectivity index (χ0n) is 26.7. The molecule has 0 spiro atoms. The Morgan fingerprint density at radius 3 is 1.29 bits per heavy atom. The Morgan fingerprint density at radius 2 is 0.896 bits per heavy atom. The molecule has 0 saturated heterocycles. The van der Waals surface area contributed by atoms with Gasteiger partial charge in [0.1, 0.15) is 0 Å². The molecule has 1 unspecified atom stereocenters. The van der Waals surface area contributed by atoms with Crippen molar-refractivity contribution in [3.8, 4) is 22.8 Å². The molecule has 10 heteroatoms. The second-order valence-electron chi connectivity index (χ2n) is 11.6. The highest BCUT2D eigenvalue weighted by molar-refractivity contribution is 6.31. The molecule has 1 aromatic heterocycles. The molecule has 1 atom stereocenters. The molecule has 7 rings (SSSR count). The van der Waals surface area contributed by atoms with Gasteiger partial charge in [-0.25, -0.2) is 9.99 Å². The van der Waals surface area contributed by atoms with Crippen molar-refractivity contribution in [1.82, 2.24) is 20.0 Å². The van der Waals surface area contributed by atoms with Crippen LogP contribution in [0, 0.1) is 0 Å². The highest BCUT2D eigenvalue weighted by Gasteiger charge is 2.35. The maximum absolute atomic E-state index is 14.0. The van der Waals surface area contributed by atoms with Gasteiger partial charge in [0.25, 0.3) is 0 Å². The van der Waals surface area contributed by atoms with Crippen molar-refractivity contribution in [1.29, 1.82) is 0 Å². The van der Waals surface area contributed by atoms with E-state index in [0.29, 0.717) is 52.9 Å². The Morgan fingerprint density at radius 1 is 0.521 bits per heavy atom. The lowest BCUT2D eigenvalue weighted by Gasteiger charge is -2.37. The minimum absolute atomic E-state index is 0.125. The largest absolute Gasteiger partial charge is 0.310 e. The van der Waals surface area contributed by atoms with E-state index in [-0.39, 0.29) is 63.0 Å². The van der Waals surface area contributed by atoms with Crippen LogP contribution in [-0.4, -0.2) is 62.3 Å². The van der Waals surface area contributed by atoms with Crippen LogP contribution in [0.4, 0.5) is 5.95 Å². The number of nitrogens with zero attached hydrogens (tertiary/aromatic N) is 5. The summed E-state index contributed by atoms with van der Waals surface area (Å²) < 4.78 is 0. The molecular formula is C38H32N6O4. The normalized spacial score (nSPS) is 13.9. The zero-order valence-corrected chi connectivity index (χ0v) is 26.7. The van der Waals surface area contributed by atoms with Gasteiger partial charge in [0.2, 0.25) is 5.95 Å². The highest BCUT2D eigenvalue weighted by atomic mass is 16.1. The van der Waals surface area contributed by atoms with E-state index in [4.69, 9.17) is 20.7 Å². The van der Waals surface area contributed by atoms with Crippen molar-refractivity contribution in [2.75, 3.05) is 18.1 Å². The van der Waals surface area contributed by atoms with E-state index in [1.54, 1.807) is 89.9 Å². The molecule has 1 heterocycles. The van der Waals surface area contributed by atoms with Crippen LogP contribution < -0.4 is 10.7 Å². The average molecular weight is 637 g/mol. The van der Waals surface area contributed by atoms with Gasteiger partial charge >= 0.3 is 0 Å². The van der Waals surface area contributed by atoms with Gasteiger partial charge in [0, 0.05) is 68.7 Å². The number of anilines is 1. The number of ketones is 4. The predicted octanol–water partition coefficient (Wildman–Crippen LogP) is 5.51. The first-order valence-corrected chi connectivity index (χ1v) is 16.0. The quantitative estimate of drug-likeness (QED) is 0.168. The molecule has 0 radical (unpaired) electrons. The summed E-state index contributed by atoms with van der Waals surface area (Å²) >= 11 is 0. The fourth-order valence-corrected chi connectivity index (χ4v) is 6.56. The van der Waals surface area contributed by atoms with Crippen LogP contribution in [0.3, 0.4) is 0 Å². The summed E-state index contributed by atoms with van der Waals surface area (Å²) in [6.07, 6.45) is 0.0366. The number of hydrogen-bond acceptors (Lipinski definition) is 10. The second kappa shape index (κ2) is 12.1. The minimum Gasteiger partial charge on any atom is -0.310 e. The van der Waals surface area contributed by atoms with Crippen molar-refractivity contribution in [3.05, 3.63) is 129 Å². The Balaban J connectivity index is 1.50. The molecule has 10 nitrogen and oxygen atoms in total. The van der Waals surface area contributed by atoms with Crippen LogP contribution in [0.1, 0.15) is 90.9 Å². The first kappa shape index (κ1) is 30.9. The number of benzene rings is 4. The Kier molecular flexibility index (Phi) is 7.82. The summed E-state index contributed by atoms with van der Waals surface area (Å²) in [7, 11) is 0. The van der Waals surface area contributed by atoms with Crippen molar-refractivity contribution in [2.24, 2.45) is 5.73 Å². The standard InChI is InChI=1S/C38H32N6O4/c1-4-29(39)44(43(5-2)6-3)38-41-36(27-19-11-17-25-30(27)34(47)23-15-9-7-13-21(23)32(25)45)40-37(42-38)28-20-12-18-26-31(28)35(48)24-16-10-8-14-22(24)33(26)46/h7-20,29H,4-6,39H2,1-3H3. The average Bonchev–Trinajstić information content (AvgIpc) is 3.13. The molecule has 2 aliphatic rings. The van der Waals surface area contributed by atoms with Crippen LogP contribution in [0.25, 0.3) is 22.8 Å². The topological polar surface area (TPSA) is 139 Å². The predicted molar refractivity (Wildman–Crippen MR) is 181 cm³/mol. The third-order valence-corrected chi connectivity index (χ3v) is 8.98. The monoisotopic (exact) mass is 636 g/mol. The fourth-order valence-electron chi connectivity index (χ4n) is 6.56. The van der Waals surface area contributed by atoms with Gasteiger partial charge in [0.05, 0.1) is 6.17 Å². The number of hydrogen-bond donors (Lipinski definition) is 1. The number of hydrazine groups is 1. The molecule has 2 aliphatic carbocycles. The van der Waals surface area contributed by atoms with Crippen molar-refractivity contribution in [2.45, 2.75) is 33.4 Å². The molecule has 5 aromatic rings. The molecule has 0 aliphatic heterocycles. The van der Waals surface area contributed by atoms with Gasteiger partial charge in [-0.05, 0) is 6.42 Å². The van der Waals surface area contributed by atoms with Crippen molar-refractivity contribution < 1.29 is 19.2 Å². The van der Waals surface area contributed by atoms with E-state index in [1.165, 1.54) is 0 Å². The third kappa shape index (κ3) is 4.76. The first-order chi connectivity index (χ1) is 23.3. The third-order valence-electron chi connectivity index (χ3n) is 8.98. The van der Waals surface area contributed by atoms with Gasteiger partial charge < -0.3 is 5.73 Å². The molecule has 48 heavy (non-hydrogen) atoms. The number of carbonyl (C=O) groups excluding carboxylic acids is 4. The number of rotatable bonds is 8. The van der Waals surface area contributed by atoms with E-state index in [9.17, 15) is 19.2 Å². The fraction of sp³-hybridized carbons (Fsp3) is 0.184. The number of nitrogens with two attached hydrogens (primary N) is 1. The van der Waals surface area contributed by atoms with Crippen molar-refractivity contribution in [3.63, 3.8) is 0 Å². The van der Waals surface area contributed by atoms with E-state index >= 15 is 0 Å². The second-order valence-corrected chi connectivity index (χ2v) is 11.6. The minimum atomic E-state index is -0.521. The Hall–Kier alpha value is -5.71. The molecule has 0 fully saturated rings. The lowest BCUT2D eigenvalue weighted by Crippen LogP contribution is -2.53. The van der Waals surface area contributed by atoms with Gasteiger partial charge in [-0.15, -0.1) is 0 Å². The molecule has 0 saturated carbocycles. The maximum Gasteiger partial charge on any atom is 0.245 e. The van der Waals surface area contributed by atoms with Crippen LogP contribution in [-0.2, 0) is 0 Å². The van der Waals surface area contributed by atoms with E-state index in [1.807, 2.05) is 25.8 Å². The number of carbonyl (C=O) groups is 4. The lowest BCUT2D eigenvalue weighted by molar-refractivity contribution is 0.0979. The van der Waals surface area contributed by atoms with Gasteiger partial charge in [0.15, 0.2) is 34.8 Å². The molecule has 238 valence electrons. The van der Waals surface area contributed by atoms with Crippen LogP contribution in [0.2, 0.25) is 0 Å². The molecule has 0 amide bonds. The summed E-state index contributed by atoms with van der Waals surface area (Å²) in [6.45, 7) is 7.12. The zero-order chi connectivity index (χ0) is 33.7. The molecule has 0 bridgehead atoms. The first-order valence-electron chi connectivity index (χ1n) is 16.0. The summed E-state index contributed by atoms with van der Waals surface area (Å²) in [4.78, 5) is 69.9. The molecular weight excluding hydrogens is 604 g/mol. The summed E-state index contributed by atoms with van der Waals surface area (Å²) in [6, 6.07) is 23.5. The smallest absolute Gasteiger partial charge is 0.245 e. The molecule has 4 aromatic carbocycles. The van der Waals surface area contributed by atoms with E-state index in [2.05, 4.69) is 0 Å². The summed E-state index contributed by atoms with van der Waals surface area (Å²) in [5.74, 6) is -0.725. The maximum atomic E-state index is 14.0. The van der Waals surface area contributed by atoms with E-state index < -0.39 is 6.17 Å². The highest BCUT2D eigenvalue weighted by Crippen LogP contribution is 2.37. The Bertz CT molecular complexity index is 2040. The van der Waals surface area contributed by atoms with Crippen molar-refractivity contribution >= 4 is 29.1 Å². The Labute approximate surface area is 277 Å². The summed E-state index contributed by atoms with van der Waals surface area (Å²) in [5.41, 5.74) is 9.51. The van der Waals surface area contributed by atoms with E-state index in [0.717, 1.165) is 0 Å². The van der Waals surface area contributed by atoms with Gasteiger partial charge in [-0.1, -0.05) is 106 Å². The SMILES string of the molecule is CCC(N)N(c1nc(-c2cccc3c2C(=O)c2ccccc2C3=O)nc(-c2cccc3c2C(=O)c2ccccc2C3=O)n1)N(CC)CC. The van der Waals surface area contributed by atoms with Crippen LogP contribution in [0.15, 0.2) is 84.9 Å². The van der Waals surface area contributed by atoms with Crippen LogP contribution >= 0.6 is 0 Å².